The fourth-order valence-electron chi connectivity index (χ4n) is 2.23. The highest BCUT2D eigenvalue weighted by Crippen LogP contribution is 2.27. The average Bonchev–Trinajstić information content (AvgIpc) is 2.29. The Morgan fingerprint density at radius 3 is 2.41 bits per heavy atom. The van der Waals surface area contributed by atoms with Gasteiger partial charge in [0, 0.05) is 13.1 Å². The molecule has 1 saturated carbocycles. The molecule has 0 aromatic rings. The second-order valence-electron chi connectivity index (χ2n) is 5.15. The SMILES string of the molecule is CCNCCS(=O)(=O)NCC1CCC(C)CC1. The molecule has 0 heterocycles. The second kappa shape index (κ2) is 7.34. The van der Waals surface area contributed by atoms with Crippen LogP contribution in [0, 0.1) is 11.8 Å². The third-order valence-electron chi connectivity index (χ3n) is 3.52. The van der Waals surface area contributed by atoms with E-state index in [1.165, 1.54) is 12.8 Å². The van der Waals surface area contributed by atoms with E-state index in [1.807, 2.05) is 6.92 Å². The molecule has 2 N–H and O–H groups in total. The van der Waals surface area contributed by atoms with Gasteiger partial charge in [-0.1, -0.05) is 26.7 Å². The van der Waals surface area contributed by atoms with Crippen molar-refractivity contribution in [2.45, 2.75) is 39.5 Å². The molecule has 17 heavy (non-hydrogen) atoms. The minimum absolute atomic E-state index is 0.184. The summed E-state index contributed by atoms with van der Waals surface area (Å²) >= 11 is 0. The lowest BCUT2D eigenvalue weighted by atomic mass is 9.83. The summed E-state index contributed by atoms with van der Waals surface area (Å²) in [6, 6.07) is 0. The maximum atomic E-state index is 11.7. The highest BCUT2D eigenvalue weighted by molar-refractivity contribution is 7.89. The van der Waals surface area contributed by atoms with E-state index in [0.717, 1.165) is 25.3 Å². The van der Waals surface area contributed by atoms with Crippen LogP contribution in [0.1, 0.15) is 39.5 Å². The summed E-state index contributed by atoms with van der Waals surface area (Å²) in [5.74, 6) is 1.54. The molecule has 0 spiro atoms. The molecule has 1 aliphatic rings. The van der Waals surface area contributed by atoms with Crippen molar-refractivity contribution in [1.29, 1.82) is 0 Å². The molecule has 1 aliphatic carbocycles. The maximum Gasteiger partial charge on any atom is 0.212 e. The van der Waals surface area contributed by atoms with Gasteiger partial charge in [-0.3, -0.25) is 0 Å². The summed E-state index contributed by atoms with van der Waals surface area (Å²) in [7, 11) is -3.08. The Hall–Kier alpha value is -0.130. The molecule has 0 aliphatic heterocycles. The summed E-state index contributed by atoms with van der Waals surface area (Å²) in [5, 5.41) is 3.03. The van der Waals surface area contributed by atoms with Gasteiger partial charge < -0.3 is 5.32 Å². The molecular weight excluding hydrogens is 236 g/mol. The topological polar surface area (TPSA) is 58.2 Å². The minimum atomic E-state index is -3.08. The Labute approximate surface area is 106 Å². The molecule has 0 amide bonds. The lowest BCUT2D eigenvalue weighted by Crippen LogP contribution is -2.35. The largest absolute Gasteiger partial charge is 0.316 e. The summed E-state index contributed by atoms with van der Waals surface area (Å²) in [4.78, 5) is 0. The summed E-state index contributed by atoms with van der Waals surface area (Å²) in [6.45, 7) is 6.23. The van der Waals surface area contributed by atoms with Crippen LogP contribution in [-0.2, 0) is 10.0 Å². The summed E-state index contributed by atoms with van der Waals surface area (Å²) in [5.41, 5.74) is 0. The third-order valence-corrected chi connectivity index (χ3v) is 4.87. The van der Waals surface area contributed by atoms with Gasteiger partial charge in [0.05, 0.1) is 5.75 Å². The predicted molar refractivity (Wildman–Crippen MR) is 71.5 cm³/mol. The Morgan fingerprint density at radius 2 is 1.82 bits per heavy atom. The zero-order valence-electron chi connectivity index (χ0n) is 11.0. The van der Waals surface area contributed by atoms with Crippen molar-refractivity contribution in [3.8, 4) is 0 Å². The van der Waals surface area contributed by atoms with Gasteiger partial charge in [-0.2, -0.15) is 0 Å². The summed E-state index contributed by atoms with van der Waals surface area (Å²) < 4.78 is 26.1. The first-order valence-electron chi connectivity index (χ1n) is 6.71. The van der Waals surface area contributed by atoms with Crippen molar-refractivity contribution in [3.05, 3.63) is 0 Å². The van der Waals surface area contributed by atoms with Gasteiger partial charge in [0.25, 0.3) is 0 Å². The molecule has 1 fully saturated rings. The van der Waals surface area contributed by atoms with E-state index in [1.54, 1.807) is 0 Å². The Balaban J connectivity index is 2.20. The number of hydrogen-bond donors (Lipinski definition) is 2. The van der Waals surface area contributed by atoms with Crippen LogP contribution in [-0.4, -0.2) is 33.8 Å². The smallest absolute Gasteiger partial charge is 0.212 e. The molecule has 0 bridgehead atoms. The predicted octanol–water partition coefficient (Wildman–Crippen LogP) is 1.34. The van der Waals surface area contributed by atoms with Gasteiger partial charge in [-0.05, 0) is 31.2 Å². The number of sulfonamides is 1. The number of hydrogen-bond acceptors (Lipinski definition) is 3. The molecule has 102 valence electrons. The van der Waals surface area contributed by atoms with Crippen LogP contribution in [0.4, 0.5) is 0 Å². The third kappa shape index (κ3) is 6.38. The molecule has 5 heteroatoms. The first kappa shape index (κ1) is 14.9. The lowest BCUT2D eigenvalue weighted by molar-refractivity contribution is 0.290. The van der Waals surface area contributed by atoms with Crippen molar-refractivity contribution < 1.29 is 8.42 Å². The maximum absolute atomic E-state index is 11.7. The van der Waals surface area contributed by atoms with Crippen molar-refractivity contribution in [2.75, 3.05) is 25.4 Å². The van der Waals surface area contributed by atoms with E-state index in [-0.39, 0.29) is 5.75 Å². The van der Waals surface area contributed by atoms with Gasteiger partial charge in [-0.25, -0.2) is 13.1 Å². The molecular formula is C12H26N2O2S. The van der Waals surface area contributed by atoms with Gasteiger partial charge in [0.2, 0.25) is 10.0 Å². The van der Waals surface area contributed by atoms with Crippen LogP contribution in [0.15, 0.2) is 0 Å². The van der Waals surface area contributed by atoms with Crippen molar-refractivity contribution >= 4 is 10.0 Å². The standard InChI is InChI=1S/C12H26N2O2S/c1-3-13-8-9-17(15,16)14-10-12-6-4-11(2)5-7-12/h11-14H,3-10H2,1-2H3. The summed E-state index contributed by atoms with van der Waals surface area (Å²) in [6.07, 6.45) is 4.81. The first-order valence-corrected chi connectivity index (χ1v) is 8.36. The molecule has 0 aromatic heterocycles. The van der Waals surface area contributed by atoms with Crippen LogP contribution in [0.3, 0.4) is 0 Å². The van der Waals surface area contributed by atoms with Gasteiger partial charge in [0.1, 0.15) is 0 Å². The van der Waals surface area contributed by atoms with Crippen LogP contribution in [0.5, 0.6) is 0 Å². The molecule has 0 saturated heterocycles. The van der Waals surface area contributed by atoms with Crippen molar-refractivity contribution in [1.82, 2.24) is 10.0 Å². The highest BCUT2D eigenvalue weighted by atomic mass is 32.2. The van der Waals surface area contributed by atoms with E-state index in [4.69, 9.17) is 0 Å². The highest BCUT2D eigenvalue weighted by Gasteiger charge is 2.20. The molecule has 0 unspecified atom stereocenters. The Bertz CT molecular complexity index is 296. The Morgan fingerprint density at radius 1 is 1.18 bits per heavy atom. The van der Waals surface area contributed by atoms with Crippen molar-refractivity contribution in [2.24, 2.45) is 11.8 Å². The van der Waals surface area contributed by atoms with Crippen LogP contribution < -0.4 is 10.0 Å². The fraction of sp³-hybridized carbons (Fsp3) is 1.00. The van der Waals surface area contributed by atoms with Crippen LogP contribution >= 0.6 is 0 Å². The van der Waals surface area contributed by atoms with Gasteiger partial charge in [-0.15, -0.1) is 0 Å². The fourth-order valence-corrected chi connectivity index (χ4v) is 3.28. The monoisotopic (exact) mass is 262 g/mol. The van der Waals surface area contributed by atoms with E-state index in [2.05, 4.69) is 17.0 Å². The Kier molecular flexibility index (Phi) is 6.44. The van der Waals surface area contributed by atoms with Crippen molar-refractivity contribution in [3.63, 3.8) is 0 Å². The van der Waals surface area contributed by atoms with E-state index in [9.17, 15) is 8.42 Å². The average molecular weight is 262 g/mol. The van der Waals surface area contributed by atoms with E-state index >= 15 is 0 Å². The van der Waals surface area contributed by atoms with E-state index in [0.29, 0.717) is 19.0 Å². The van der Waals surface area contributed by atoms with E-state index < -0.39 is 10.0 Å². The second-order valence-corrected chi connectivity index (χ2v) is 7.07. The molecule has 4 nitrogen and oxygen atoms in total. The number of rotatable bonds is 7. The first-order chi connectivity index (χ1) is 8.03. The zero-order chi connectivity index (χ0) is 12.7. The number of nitrogens with one attached hydrogen (secondary N) is 2. The zero-order valence-corrected chi connectivity index (χ0v) is 11.9. The quantitative estimate of drug-likeness (QED) is 0.681. The van der Waals surface area contributed by atoms with Crippen LogP contribution in [0.25, 0.3) is 0 Å². The molecule has 1 rings (SSSR count). The van der Waals surface area contributed by atoms with Gasteiger partial charge in [0.15, 0.2) is 0 Å². The molecule has 0 aromatic carbocycles. The molecule has 0 radical (unpaired) electrons. The van der Waals surface area contributed by atoms with Crippen LogP contribution in [0.2, 0.25) is 0 Å². The molecule has 0 atom stereocenters. The lowest BCUT2D eigenvalue weighted by Gasteiger charge is -2.26. The minimum Gasteiger partial charge on any atom is -0.316 e. The normalized spacial score (nSPS) is 26.0. The van der Waals surface area contributed by atoms with Gasteiger partial charge >= 0.3 is 0 Å².